The van der Waals surface area contributed by atoms with Gasteiger partial charge in [0.05, 0.1) is 5.56 Å². The van der Waals surface area contributed by atoms with Gasteiger partial charge in [-0.1, -0.05) is 49.6 Å². The number of anilines is 2. The number of piperidine rings is 1. The van der Waals surface area contributed by atoms with Crippen molar-refractivity contribution in [3.63, 3.8) is 0 Å². The molecule has 5 heteroatoms. The van der Waals surface area contributed by atoms with Gasteiger partial charge in [-0.05, 0) is 49.7 Å². The number of nitrogens with one attached hydrogen (secondary N) is 1. The first-order chi connectivity index (χ1) is 15.8. The number of nitrogens with zero attached hydrogens (tertiary/aromatic N) is 4. The van der Waals surface area contributed by atoms with Crippen LogP contribution in [0, 0.1) is 11.3 Å². The molecule has 3 aliphatic rings. The quantitative estimate of drug-likeness (QED) is 0.704. The Labute approximate surface area is 192 Å². The Balaban J connectivity index is 1.49. The van der Waals surface area contributed by atoms with Gasteiger partial charge in [-0.15, -0.1) is 0 Å². The molecular weight excluding hydrogens is 394 g/mol. The molecule has 1 aromatic heterocycles. The third-order valence-electron chi connectivity index (χ3n) is 7.56. The summed E-state index contributed by atoms with van der Waals surface area (Å²) >= 11 is 0. The van der Waals surface area contributed by atoms with Crippen LogP contribution in [0.15, 0.2) is 30.3 Å². The average Bonchev–Trinajstić information content (AvgIpc) is 2.88. The fourth-order valence-corrected chi connectivity index (χ4v) is 5.78. The minimum atomic E-state index is 0.686. The molecule has 1 aliphatic carbocycles. The van der Waals surface area contributed by atoms with Gasteiger partial charge in [-0.25, -0.2) is 4.98 Å². The van der Waals surface area contributed by atoms with Crippen molar-refractivity contribution >= 4 is 11.6 Å². The van der Waals surface area contributed by atoms with Crippen LogP contribution in [0.25, 0.3) is 0 Å². The molecule has 0 amide bonds. The predicted octanol–water partition coefficient (Wildman–Crippen LogP) is 5.25. The van der Waals surface area contributed by atoms with E-state index in [9.17, 15) is 5.26 Å². The molecule has 1 N–H and O–H groups in total. The molecule has 0 radical (unpaired) electrons. The summed E-state index contributed by atoms with van der Waals surface area (Å²) in [6.45, 7) is 4.75. The molecule has 0 unspecified atom stereocenters. The summed E-state index contributed by atoms with van der Waals surface area (Å²) in [5.41, 5.74) is 4.59. The molecule has 168 valence electrons. The van der Waals surface area contributed by atoms with Crippen molar-refractivity contribution in [3.8, 4) is 6.07 Å². The largest absolute Gasteiger partial charge is 0.366 e. The zero-order valence-corrected chi connectivity index (χ0v) is 19.2. The first kappa shape index (κ1) is 21.3. The molecule has 3 heterocycles. The normalized spacial score (nSPS) is 19.9. The molecule has 5 rings (SSSR count). The van der Waals surface area contributed by atoms with Crippen LogP contribution in [0.4, 0.5) is 11.6 Å². The molecule has 2 aliphatic heterocycles. The number of aromatic nitrogens is 1. The minimum absolute atomic E-state index is 0.686. The maximum Gasteiger partial charge on any atom is 0.149 e. The monoisotopic (exact) mass is 429 g/mol. The van der Waals surface area contributed by atoms with Gasteiger partial charge in [0.2, 0.25) is 0 Å². The Bertz CT molecular complexity index is 952. The minimum Gasteiger partial charge on any atom is -0.366 e. The Hall–Kier alpha value is -2.58. The summed E-state index contributed by atoms with van der Waals surface area (Å²) < 4.78 is 0. The van der Waals surface area contributed by atoms with Crippen LogP contribution < -0.4 is 10.2 Å². The molecule has 1 saturated carbocycles. The van der Waals surface area contributed by atoms with Gasteiger partial charge in [-0.3, -0.25) is 4.90 Å². The molecule has 0 atom stereocenters. The van der Waals surface area contributed by atoms with E-state index in [0.29, 0.717) is 6.04 Å². The van der Waals surface area contributed by atoms with Crippen molar-refractivity contribution in [2.24, 2.45) is 0 Å². The highest BCUT2D eigenvalue weighted by atomic mass is 15.2. The Morgan fingerprint density at radius 1 is 0.938 bits per heavy atom. The number of nitriles is 1. The Kier molecular flexibility index (Phi) is 6.59. The van der Waals surface area contributed by atoms with E-state index >= 15 is 0 Å². The lowest BCUT2D eigenvalue weighted by atomic mass is 9.89. The van der Waals surface area contributed by atoms with Crippen LogP contribution >= 0.6 is 0 Å². The third-order valence-corrected chi connectivity index (χ3v) is 7.56. The topological polar surface area (TPSA) is 55.2 Å². The van der Waals surface area contributed by atoms with Crippen molar-refractivity contribution in [2.45, 2.75) is 76.9 Å². The van der Waals surface area contributed by atoms with Gasteiger partial charge in [0.25, 0.3) is 0 Å². The number of pyridine rings is 1. The van der Waals surface area contributed by atoms with E-state index < -0.39 is 0 Å². The zero-order valence-electron chi connectivity index (χ0n) is 19.2. The van der Waals surface area contributed by atoms with Crippen LogP contribution in [0.1, 0.15) is 73.6 Å². The average molecular weight is 430 g/mol. The Morgan fingerprint density at radius 3 is 2.44 bits per heavy atom. The van der Waals surface area contributed by atoms with E-state index in [1.807, 2.05) is 0 Å². The second-order valence-corrected chi connectivity index (χ2v) is 9.63. The van der Waals surface area contributed by atoms with Gasteiger partial charge < -0.3 is 10.2 Å². The first-order valence-electron chi connectivity index (χ1n) is 12.6. The number of hydrogen-bond acceptors (Lipinski definition) is 5. The molecule has 2 fully saturated rings. The van der Waals surface area contributed by atoms with E-state index in [4.69, 9.17) is 4.98 Å². The molecule has 1 saturated heterocycles. The van der Waals surface area contributed by atoms with Gasteiger partial charge in [0, 0.05) is 44.3 Å². The fraction of sp³-hybridized carbons (Fsp3) is 0.556. The SMILES string of the molecule is N#Cc1c(N2CCCCC2)nc(NCc2ccccc2)c2c1CCN(C1CCCCC1)C2. The van der Waals surface area contributed by atoms with Crippen LogP contribution in [-0.2, 0) is 19.5 Å². The number of benzene rings is 1. The smallest absolute Gasteiger partial charge is 0.149 e. The summed E-state index contributed by atoms with van der Waals surface area (Å²) in [7, 11) is 0. The summed E-state index contributed by atoms with van der Waals surface area (Å²) in [4.78, 5) is 10.2. The third kappa shape index (κ3) is 4.47. The molecule has 0 bridgehead atoms. The van der Waals surface area contributed by atoms with Crippen molar-refractivity contribution in [3.05, 3.63) is 52.6 Å². The summed E-state index contributed by atoms with van der Waals surface area (Å²) in [6, 6.07) is 13.8. The van der Waals surface area contributed by atoms with E-state index in [1.165, 1.54) is 68.1 Å². The zero-order chi connectivity index (χ0) is 21.8. The molecule has 0 spiro atoms. The Morgan fingerprint density at radius 2 is 1.69 bits per heavy atom. The van der Waals surface area contributed by atoms with Crippen molar-refractivity contribution in [2.75, 3.05) is 29.9 Å². The summed E-state index contributed by atoms with van der Waals surface area (Å²) in [5.74, 6) is 1.90. The number of fused-ring (bicyclic) bond motifs is 1. The lowest BCUT2D eigenvalue weighted by Crippen LogP contribution is -2.41. The maximum atomic E-state index is 10.2. The van der Waals surface area contributed by atoms with E-state index in [-0.39, 0.29) is 0 Å². The first-order valence-corrected chi connectivity index (χ1v) is 12.6. The maximum absolute atomic E-state index is 10.2. The highest BCUT2D eigenvalue weighted by Crippen LogP contribution is 2.36. The van der Waals surface area contributed by atoms with Crippen LogP contribution in [-0.4, -0.2) is 35.6 Å². The van der Waals surface area contributed by atoms with Crippen molar-refractivity contribution in [1.29, 1.82) is 5.26 Å². The van der Waals surface area contributed by atoms with Crippen LogP contribution in [0.5, 0.6) is 0 Å². The lowest BCUT2D eigenvalue weighted by Gasteiger charge is -2.39. The molecule has 5 nitrogen and oxygen atoms in total. The second-order valence-electron chi connectivity index (χ2n) is 9.63. The van der Waals surface area contributed by atoms with Crippen LogP contribution in [0.3, 0.4) is 0 Å². The van der Waals surface area contributed by atoms with E-state index in [2.05, 4.69) is 51.5 Å². The lowest BCUT2D eigenvalue weighted by molar-refractivity contribution is 0.141. The molecule has 2 aromatic rings. The molecule has 32 heavy (non-hydrogen) atoms. The predicted molar refractivity (Wildman–Crippen MR) is 130 cm³/mol. The highest BCUT2D eigenvalue weighted by Gasteiger charge is 2.31. The number of rotatable bonds is 5. The van der Waals surface area contributed by atoms with Crippen LogP contribution in [0.2, 0.25) is 0 Å². The summed E-state index contributed by atoms with van der Waals surface area (Å²) in [5, 5.41) is 13.8. The van der Waals surface area contributed by atoms with Gasteiger partial charge in [-0.2, -0.15) is 5.26 Å². The van der Waals surface area contributed by atoms with Gasteiger partial charge in [0.1, 0.15) is 17.7 Å². The molecular formula is C27H35N5. The highest BCUT2D eigenvalue weighted by molar-refractivity contribution is 5.67. The van der Waals surface area contributed by atoms with Crippen molar-refractivity contribution in [1.82, 2.24) is 9.88 Å². The van der Waals surface area contributed by atoms with Gasteiger partial charge in [0.15, 0.2) is 0 Å². The van der Waals surface area contributed by atoms with Crippen molar-refractivity contribution < 1.29 is 0 Å². The van der Waals surface area contributed by atoms with Gasteiger partial charge >= 0.3 is 0 Å². The fourth-order valence-electron chi connectivity index (χ4n) is 5.78. The second kappa shape index (κ2) is 9.92. The number of hydrogen-bond donors (Lipinski definition) is 1. The standard InChI is InChI=1S/C27H35N5/c28-18-24-23-14-17-32(22-12-6-2-7-13-22)20-25(23)26(29-19-21-10-4-1-5-11-21)30-27(24)31-15-8-3-9-16-31/h1,4-5,10-11,22H,2-3,6-9,12-17,19-20H2,(H,29,30). The molecule has 1 aromatic carbocycles. The summed E-state index contributed by atoms with van der Waals surface area (Å²) in [6.07, 6.45) is 11.3. The van der Waals surface area contributed by atoms with E-state index in [1.54, 1.807) is 0 Å². The van der Waals surface area contributed by atoms with E-state index in [0.717, 1.165) is 56.3 Å².